The lowest BCUT2D eigenvalue weighted by molar-refractivity contribution is -0.159. The molecule has 2 saturated heterocycles. The summed E-state index contributed by atoms with van der Waals surface area (Å²) < 4.78 is 26.7. The summed E-state index contributed by atoms with van der Waals surface area (Å²) in [4.78, 5) is 28.7. The molecular weight excluding hydrogens is 440 g/mol. The number of carbonyl (C=O) groups excluding carboxylic acids is 2. The van der Waals surface area contributed by atoms with Crippen LogP contribution in [-0.2, 0) is 4.79 Å². The van der Waals surface area contributed by atoms with Crippen molar-refractivity contribution in [2.75, 3.05) is 25.0 Å². The van der Waals surface area contributed by atoms with Crippen LogP contribution in [0, 0.1) is 11.6 Å². The van der Waals surface area contributed by atoms with Crippen LogP contribution in [-0.4, -0.2) is 58.6 Å². The number of nitrogens with zero attached hydrogens (tertiary/aromatic N) is 2. The molecule has 0 bridgehead atoms. The van der Waals surface area contributed by atoms with Gasteiger partial charge in [0.25, 0.3) is 0 Å². The molecule has 2 heterocycles. The van der Waals surface area contributed by atoms with E-state index >= 15 is 0 Å². The van der Waals surface area contributed by atoms with Crippen LogP contribution < -0.4 is 5.32 Å². The van der Waals surface area contributed by atoms with Gasteiger partial charge in [0.15, 0.2) is 0 Å². The number of benzene rings is 3. The first-order valence-corrected chi connectivity index (χ1v) is 11.0. The fourth-order valence-corrected chi connectivity index (χ4v) is 4.96. The van der Waals surface area contributed by atoms with E-state index in [0.29, 0.717) is 12.2 Å². The molecule has 3 amide bonds. The number of hydrogen-bond acceptors (Lipinski definition) is 3. The van der Waals surface area contributed by atoms with Gasteiger partial charge in [-0.3, -0.25) is 4.79 Å². The van der Waals surface area contributed by atoms with E-state index in [9.17, 15) is 23.5 Å². The van der Waals surface area contributed by atoms with Gasteiger partial charge < -0.3 is 20.2 Å². The van der Waals surface area contributed by atoms with Gasteiger partial charge in [-0.25, -0.2) is 13.6 Å². The van der Waals surface area contributed by atoms with Crippen LogP contribution in [0.4, 0.5) is 19.3 Å². The molecule has 6 nitrogen and oxygen atoms in total. The molecule has 0 saturated carbocycles. The highest BCUT2D eigenvalue weighted by atomic mass is 19.1. The summed E-state index contributed by atoms with van der Waals surface area (Å²) in [5, 5.41) is 12.7. The molecule has 3 aromatic carbocycles. The molecule has 2 aliphatic rings. The summed E-state index contributed by atoms with van der Waals surface area (Å²) in [5.41, 5.74) is 3.00. The fraction of sp³-hybridized carbons (Fsp3) is 0.231. The molecule has 0 radical (unpaired) electrons. The molecule has 2 N–H and O–H groups in total. The topological polar surface area (TPSA) is 72.9 Å². The number of nitrogens with one attached hydrogen (secondary N) is 1. The highest BCUT2D eigenvalue weighted by Gasteiger charge is 2.54. The van der Waals surface area contributed by atoms with Crippen molar-refractivity contribution in [3.8, 4) is 11.1 Å². The molecule has 174 valence electrons. The number of halogens is 2. The first-order valence-electron chi connectivity index (χ1n) is 11.0. The number of aliphatic hydroxyl groups is 1. The molecule has 0 aromatic heterocycles. The summed E-state index contributed by atoms with van der Waals surface area (Å²) in [7, 11) is 0. The number of aliphatic hydroxyl groups excluding tert-OH is 1. The molecule has 5 rings (SSSR count). The molecule has 3 aromatic rings. The van der Waals surface area contributed by atoms with E-state index in [1.54, 1.807) is 11.0 Å². The Morgan fingerprint density at radius 1 is 0.971 bits per heavy atom. The number of amides is 3. The zero-order valence-electron chi connectivity index (χ0n) is 18.2. The minimum absolute atomic E-state index is 0.0920. The van der Waals surface area contributed by atoms with Gasteiger partial charge in [-0.05, 0) is 53.1 Å². The Morgan fingerprint density at radius 2 is 1.71 bits per heavy atom. The van der Waals surface area contributed by atoms with Gasteiger partial charge in [0.05, 0.1) is 18.7 Å². The van der Waals surface area contributed by atoms with Crippen molar-refractivity contribution in [3.63, 3.8) is 0 Å². The molecular formula is C26H23F2N3O3. The van der Waals surface area contributed by atoms with Crippen LogP contribution in [0.1, 0.15) is 11.5 Å². The smallest absolute Gasteiger partial charge is 0.322 e. The van der Waals surface area contributed by atoms with Crippen molar-refractivity contribution in [3.05, 3.63) is 90.0 Å². The van der Waals surface area contributed by atoms with E-state index in [1.807, 2.05) is 30.3 Å². The van der Waals surface area contributed by atoms with Crippen molar-refractivity contribution < 1.29 is 23.5 Å². The molecule has 0 aliphatic carbocycles. The number of piperazine rings is 1. The van der Waals surface area contributed by atoms with Crippen LogP contribution in [0.2, 0.25) is 0 Å². The summed E-state index contributed by atoms with van der Waals surface area (Å²) in [5.74, 6) is -1.08. The van der Waals surface area contributed by atoms with E-state index in [1.165, 1.54) is 41.3 Å². The summed E-state index contributed by atoms with van der Waals surface area (Å²) >= 11 is 0. The minimum atomic E-state index is -0.438. The monoisotopic (exact) mass is 463 g/mol. The van der Waals surface area contributed by atoms with Gasteiger partial charge in [0.2, 0.25) is 5.91 Å². The summed E-state index contributed by atoms with van der Waals surface area (Å²) in [6, 6.07) is 18.3. The van der Waals surface area contributed by atoms with Gasteiger partial charge in [-0.1, -0.05) is 36.4 Å². The van der Waals surface area contributed by atoms with Crippen LogP contribution in [0.15, 0.2) is 72.8 Å². The van der Waals surface area contributed by atoms with E-state index in [0.717, 1.165) is 16.7 Å². The van der Waals surface area contributed by atoms with E-state index in [4.69, 9.17) is 0 Å². The minimum Gasteiger partial charge on any atom is -0.394 e. The Hall–Kier alpha value is -3.78. The van der Waals surface area contributed by atoms with Crippen molar-refractivity contribution in [1.82, 2.24) is 9.80 Å². The van der Waals surface area contributed by atoms with E-state index in [2.05, 4.69) is 5.32 Å². The maximum Gasteiger partial charge on any atom is 0.322 e. The SMILES string of the molecule is O=C(Nc1ccc(F)cc1)N1CC(=O)N2[C@H](CO)[C@@H](c3ccc(-c4cccc(F)c4)cc3)[C@@H]2C1. The van der Waals surface area contributed by atoms with Gasteiger partial charge >= 0.3 is 6.03 Å². The average Bonchev–Trinajstić information content (AvgIpc) is 2.82. The Kier molecular flexibility index (Phi) is 5.75. The molecule has 3 atom stereocenters. The van der Waals surface area contributed by atoms with Gasteiger partial charge in [0.1, 0.15) is 18.2 Å². The lowest BCUT2D eigenvalue weighted by Gasteiger charge is -2.58. The van der Waals surface area contributed by atoms with Crippen molar-refractivity contribution in [2.24, 2.45) is 0 Å². The Morgan fingerprint density at radius 3 is 2.38 bits per heavy atom. The third-order valence-corrected chi connectivity index (χ3v) is 6.59. The molecule has 34 heavy (non-hydrogen) atoms. The van der Waals surface area contributed by atoms with Crippen molar-refractivity contribution in [1.29, 1.82) is 0 Å². The number of hydrogen-bond donors (Lipinski definition) is 2. The number of urea groups is 1. The van der Waals surface area contributed by atoms with Crippen LogP contribution in [0.3, 0.4) is 0 Å². The standard InChI is InChI=1S/C26H23F2N3O3/c27-19-8-10-21(11-9-19)29-26(34)30-13-22-25(23(15-32)31(22)24(33)14-30)17-6-4-16(5-7-17)18-2-1-3-20(28)12-18/h1-12,22-23,25,32H,13-15H2,(H,29,34)/t22-,23+,25-/m0/s1. The molecule has 0 spiro atoms. The normalized spacial score (nSPS) is 21.6. The largest absolute Gasteiger partial charge is 0.394 e. The quantitative estimate of drug-likeness (QED) is 0.618. The second-order valence-electron chi connectivity index (χ2n) is 8.59. The van der Waals surface area contributed by atoms with Crippen LogP contribution >= 0.6 is 0 Å². The zero-order valence-corrected chi connectivity index (χ0v) is 18.2. The fourth-order valence-electron chi connectivity index (χ4n) is 4.96. The number of fused-ring (bicyclic) bond motifs is 1. The number of carbonyl (C=O) groups is 2. The first kappa shape index (κ1) is 22.0. The van der Waals surface area contributed by atoms with Crippen LogP contribution in [0.25, 0.3) is 11.1 Å². The van der Waals surface area contributed by atoms with Gasteiger partial charge in [0, 0.05) is 18.2 Å². The molecule has 0 unspecified atom stereocenters. The Bertz CT molecular complexity index is 1220. The number of anilines is 1. The van der Waals surface area contributed by atoms with Crippen LogP contribution in [0.5, 0.6) is 0 Å². The van der Waals surface area contributed by atoms with Crippen molar-refractivity contribution in [2.45, 2.75) is 18.0 Å². The third-order valence-electron chi connectivity index (χ3n) is 6.59. The lowest BCUT2D eigenvalue weighted by atomic mass is 9.73. The van der Waals surface area contributed by atoms with E-state index in [-0.39, 0.29) is 42.9 Å². The lowest BCUT2D eigenvalue weighted by Crippen LogP contribution is -2.73. The highest BCUT2D eigenvalue weighted by molar-refractivity contribution is 5.93. The maximum absolute atomic E-state index is 13.6. The zero-order chi connectivity index (χ0) is 23.8. The average molecular weight is 463 g/mol. The van der Waals surface area contributed by atoms with Gasteiger partial charge in [-0.2, -0.15) is 0 Å². The summed E-state index contributed by atoms with van der Waals surface area (Å²) in [6.45, 7) is 0.0389. The van der Waals surface area contributed by atoms with Crippen molar-refractivity contribution >= 4 is 17.6 Å². The Balaban J connectivity index is 1.34. The second-order valence-corrected chi connectivity index (χ2v) is 8.59. The molecule has 2 fully saturated rings. The molecule has 8 heteroatoms. The first-order chi connectivity index (χ1) is 16.4. The third kappa shape index (κ3) is 4.01. The predicted molar refractivity (Wildman–Crippen MR) is 123 cm³/mol. The van der Waals surface area contributed by atoms with E-state index < -0.39 is 11.8 Å². The maximum atomic E-state index is 13.6. The number of rotatable bonds is 4. The second kappa shape index (κ2) is 8.87. The summed E-state index contributed by atoms with van der Waals surface area (Å²) in [6.07, 6.45) is 0. The Labute approximate surface area is 195 Å². The highest BCUT2D eigenvalue weighted by Crippen LogP contribution is 2.43. The van der Waals surface area contributed by atoms with Gasteiger partial charge in [-0.15, -0.1) is 0 Å². The molecule has 2 aliphatic heterocycles. The predicted octanol–water partition coefficient (Wildman–Crippen LogP) is 3.83.